The summed E-state index contributed by atoms with van der Waals surface area (Å²) in [5, 5.41) is 0. The third kappa shape index (κ3) is 3.91. The molecule has 2 saturated heterocycles. The maximum Gasteiger partial charge on any atom is 0.0853 e. The summed E-state index contributed by atoms with van der Waals surface area (Å²) in [6.45, 7) is 7.09. The Labute approximate surface area is 104 Å². The zero-order valence-electron chi connectivity index (χ0n) is 10.9. The van der Waals surface area contributed by atoms with Gasteiger partial charge in [0.25, 0.3) is 0 Å². The number of hydrogen-bond acceptors (Lipinski definition) is 4. The van der Waals surface area contributed by atoms with Gasteiger partial charge in [0.2, 0.25) is 0 Å². The molecule has 2 fully saturated rings. The highest BCUT2D eigenvalue weighted by Crippen LogP contribution is 2.19. The molecule has 0 aromatic heterocycles. The van der Waals surface area contributed by atoms with Crippen molar-refractivity contribution in [3.05, 3.63) is 0 Å². The molecule has 0 radical (unpaired) electrons. The average Bonchev–Trinajstić information content (AvgIpc) is 2.89. The first-order chi connectivity index (χ1) is 8.29. The first-order valence-corrected chi connectivity index (χ1v) is 7.00. The predicted molar refractivity (Wildman–Crippen MR) is 68.0 cm³/mol. The van der Waals surface area contributed by atoms with E-state index in [0.29, 0.717) is 6.10 Å². The van der Waals surface area contributed by atoms with Gasteiger partial charge < -0.3 is 15.2 Å². The van der Waals surface area contributed by atoms with Gasteiger partial charge in [0.15, 0.2) is 0 Å². The first kappa shape index (κ1) is 13.3. The smallest absolute Gasteiger partial charge is 0.0853 e. The van der Waals surface area contributed by atoms with Crippen molar-refractivity contribution in [1.82, 2.24) is 4.90 Å². The monoisotopic (exact) mass is 242 g/mol. The second-order valence-corrected chi connectivity index (χ2v) is 5.18. The predicted octanol–water partition coefficient (Wildman–Crippen LogP) is 0.994. The summed E-state index contributed by atoms with van der Waals surface area (Å²) in [5.41, 5.74) is 6.24. The number of nitrogens with two attached hydrogens (primary N) is 1. The fourth-order valence-electron chi connectivity index (χ4n) is 2.71. The topological polar surface area (TPSA) is 47.7 Å². The third-order valence-electron chi connectivity index (χ3n) is 3.95. The highest BCUT2D eigenvalue weighted by Gasteiger charge is 2.26. The van der Waals surface area contributed by atoms with E-state index in [-0.39, 0.29) is 12.1 Å². The van der Waals surface area contributed by atoms with Gasteiger partial charge in [-0.15, -0.1) is 0 Å². The van der Waals surface area contributed by atoms with Crippen LogP contribution in [0.1, 0.15) is 32.6 Å². The molecule has 0 saturated carbocycles. The van der Waals surface area contributed by atoms with E-state index >= 15 is 0 Å². The summed E-state index contributed by atoms with van der Waals surface area (Å²) in [6, 6.07) is 0.161. The lowest BCUT2D eigenvalue weighted by Gasteiger charge is -2.35. The van der Waals surface area contributed by atoms with Gasteiger partial charge in [-0.3, -0.25) is 4.90 Å². The molecule has 2 rings (SSSR count). The SMILES string of the molecule is CCN1CCOC(C(N)CCC2CCCO2)C1. The molecule has 0 spiro atoms. The number of rotatable bonds is 5. The van der Waals surface area contributed by atoms with Crippen LogP contribution in [-0.4, -0.2) is 56.0 Å². The van der Waals surface area contributed by atoms with E-state index in [4.69, 9.17) is 15.2 Å². The fourth-order valence-corrected chi connectivity index (χ4v) is 2.71. The van der Waals surface area contributed by atoms with Gasteiger partial charge in [0, 0.05) is 25.7 Å². The zero-order valence-corrected chi connectivity index (χ0v) is 10.9. The van der Waals surface area contributed by atoms with Crippen molar-refractivity contribution in [1.29, 1.82) is 0 Å². The van der Waals surface area contributed by atoms with Crippen molar-refractivity contribution in [3.63, 3.8) is 0 Å². The quantitative estimate of drug-likeness (QED) is 0.781. The Morgan fingerprint density at radius 2 is 2.24 bits per heavy atom. The normalized spacial score (nSPS) is 32.8. The minimum Gasteiger partial charge on any atom is -0.378 e. The molecule has 2 heterocycles. The van der Waals surface area contributed by atoms with E-state index in [1.54, 1.807) is 0 Å². The molecular formula is C13H26N2O2. The van der Waals surface area contributed by atoms with Gasteiger partial charge in [-0.2, -0.15) is 0 Å². The second kappa shape index (κ2) is 6.69. The van der Waals surface area contributed by atoms with Crippen molar-refractivity contribution in [2.24, 2.45) is 5.73 Å². The molecular weight excluding hydrogens is 216 g/mol. The largest absolute Gasteiger partial charge is 0.378 e. The van der Waals surface area contributed by atoms with Gasteiger partial charge in [0.05, 0.1) is 18.8 Å². The molecule has 0 amide bonds. The van der Waals surface area contributed by atoms with Gasteiger partial charge in [0.1, 0.15) is 0 Å². The molecule has 2 aliphatic rings. The van der Waals surface area contributed by atoms with Crippen LogP contribution in [0.4, 0.5) is 0 Å². The standard InChI is InChI=1S/C13H26N2O2/c1-2-15-7-9-17-13(10-15)12(14)6-5-11-4-3-8-16-11/h11-13H,2-10,14H2,1H3. The molecule has 0 bridgehead atoms. The van der Waals surface area contributed by atoms with E-state index in [9.17, 15) is 0 Å². The average molecular weight is 242 g/mol. The van der Waals surface area contributed by atoms with Crippen molar-refractivity contribution in [2.75, 3.05) is 32.8 Å². The number of ether oxygens (including phenoxy) is 2. The second-order valence-electron chi connectivity index (χ2n) is 5.18. The minimum absolute atomic E-state index is 0.161. The summed E-state index contributed by atoms with van der Waals surface area (Å²) in [4.78, 5) is 2.42. The Morgan fingerprint density at radius 1 is 1.35 bits per heavy atom. The molecule has 100 valence electrons. The van der Waals surface area contributed by atoms with Crippen LogP contribution in [-0.2, 0) is 9.47 Å². The molecule has 0 aromatic rings. The maximum atomic E-state index is 6.24. The van der Waals surface area contributed by atoms with Crippen LogP contribution < -0.4 is 5.73 Å². The fraction of sp³-hybridized carbons (Fsp3) is 1.00. The Morgan fingerprint density at radius 3 is 2.94 bits per heavy atom. The van der Waals surface area contributed by atoms with Crippen molar-refractivity contribution in [3.8, 4) is 0 Å². The maximum absolute atomic E-state index is 6.24. The number of nitrogens with zero attached hydrogens (tertiary/aromatic N) is 1. The van der Waals surface area contributed by atoms with Gasteiger partial charge in [-0.05, 0) is 32.2 Å². The molecule has 3 unspecified atom stereocenters. The Kier molecular flexibility index (Phi) is 5.22. The Balaban J connectivity index is 1.68. The van der Waals surface area contributed by atoms with E-state index in [1.807, 2.05) is 0 Å². The van der Waals surface area contributed by atoms with E-state index in [2.05, 4.69) is 11.8 Å². The van der Waals surface area contributed by atoms with E-state index in [0.717, 1.165) is 45.7 Å². The summed E-state index contributed by atoms with van der Waals surface area (Å²) in [6.07, 6.45) is 5.19. The van der Waals surface area contributed by atoms with Crippen LogP contribution in [0.15, 0.2) is 0 Å². The molecule has 4 nitrogen and oxygen atoms in total. The number of likely N-dealkylation sites (N-methyl/N-ethyl adjacent to an activating group) is 1. The lowest BCUT2D eigenvalue weighted by Crippen LogP contribution is -2.50. The van der Waals surface area contributed by atoms with Gasteiger partial charge >= 0.3 is 0 Å². The number of hydrogen-bond donors (Lipinski definition) is 1. The number of morpholine rings is 1. The van der Waals surface area contributed by atoms with Crippen LogP contribution in [0.5, 0.6) is 0 Å². The van der Waals surface area contributed by atoms with Crippen LogP contribution in [0.2, 0.25) is 0 Å². The van der Waals surface area contributed by atoms with E-state index in [1.165, 1.54) is 12.8 Å². The Hall–Kier alpha value is -0.160. The molecule has 2 N–H and O–H groups in total. The summed E-state index contributed by atoms with van der Waals surface area (Å²) >= 11 is 0. The highest BCUT2D eigenvalue weighted by molar-refractivity contribution is 4.81. The summed E-state index contributed by atoms with van der Waals surface area (Å²) in [7, 11) is 0. The van der Waals surface area contributed by atoms with Crippen LogP contribution >= 0.6 is 0 Å². The molecule has 3 atom stereocenters. The third-order valence-corrected chi connectivity index (χ3v) is 3.95. The van der Waals surface area contributed by atoms with Gasteiger partial charge in [-0.1, -0.05) is 6.92 Å². The Bertz CT molecular complexity index is 219. The lowest BCUT2D eigenvalue weighted by molar-refractivity contribution is -0.0416. The zero-order chi connectivity index (χ0) is 12.1. The van der Waals surface area contributed by atoms with Gasteiger partial charge in [-0.25, -0.2) is 0 Å². The molecule has 0 aromatic carbocycles. The highest BCUT2D eigenvalue weighted by atomic mass is 16.5. The van der Waals surface area contributed by atoms with Crippen LogP contribution in [0.25, 0.3) is 0 Å². The summed E-state index contributed by atoms with van der Waals surface area (Å²) < 4.78 is 11.4. The van der Waals surface area contributed by atoms with Crippen LogP contribution in [0, 0.1) is 0 Å². The minimum atomic E-state index is 0.161. The lowest BCUT2D eigenvalue weighted by atomic mass is 10.0. The molecule has 0 aliphatic carbocycles. The molecule has 4 heteroatoms. The van der Waals surface area contributed by atoms with Crippen molar-refractivity contribution >= 4 is 0 Å². The van der Waals surface area contributed by atoms with Crippen molar-refractivity contribution in [2.45, 2.75) is 50.9 Å². The van der Waals surface area contributed by atoms with Crippen LogP contribution in [0.3, 0.4) is 0 Å². The van der Waals surface area contributed by atoms with Crippen molar-refractivity contribution < 1.29 is 9.47 Å². The molecule has 17 heavy (non-hydrogen) atoms. The van der Waals surface area contributed by atoms with E-state index < -0.39 is 0 Å². The summed E-state index contributed by atoms with van der Waals surface area (Å²) in [5.74, 6) is 0. The molecule has 2 aliphatic heterocycles. The first-order valence-electron chi connectivity index (χ1n) is 7.00.